The number of nitro groups is 1. The van der Waals surface area contributed by atoms with Gasteiger partial charge in [0.2, 0.25) is 4.77 Å². The van der Waals surface area contributed by atoms with E-state index in [4.69, 9.17) is 23.8 Å². The molecular formula is C18H20ClN7O2S2. The van der Waals surface area contributed by atoms with Gasteiger partial charge in [0, 0.05) is 48.6 Å². The molecule has 1 saturated heterocycles. The molecule has 0 spiro atoms. The molecule has 4 rings (SSSR count). The Morgan fingerprint density at radius 3 is 2.63 bits per heavy atom. The molecule has 9 nitrogen and oxygen atoms in total. The molecule has 3 aromatic rings. The molecule has 1 aliphatic heterocycles. The molecule has 1 aliphatic rings. The van der Waals surface area contributed by atoms with Crippen LogP contribution in [0.1, 0.15) is 4.88 Å². The van der Waals surface area contributed by atoms with E-state index in [9.17, 15) is 10.1 Å². The van der Waals surface area contributed by atoms with Crippen LogP contribution in [0.4, 0.5) is 11.4 Å². The standard InChI is InChI=1S/C18H20ClN7O2S2/c19-14-3-4-16(17(12-14)26(27)28)23-9-7-22(8-10-23)13-25-18(29)24(20-21-25)6-5-15-2-1-11-30-15/h1-4,11-12H,5-10,13H2. The first-order chi connectivity index (χ1) is 14.5. The van der Waals surface area contributed by atoms with Crippen molar-refractivity contribution in [3.05, 3.63) is 60.5 Å². The Labute approximate surface area is 187 Å². The molecule has 0 amide bonds. The van der Waals surface area contributed by atoms with Crippen LogP contribution < -0.4 is 4.90 Å². The van der Waals surface area contributed by atoms with Gasteiger partial charge in [-0.1, -0.05) is 17.7 Å². The molecule has 0 atom stereocenters. The van der Waals surface area contributed by atoms with Crippen molar-refractivity contribution >= 4 is 46.5 Å². The molecule has 0 N–H and O–H groups in total. The lowest BCUT2D eigenvalue weighted by Gasteiger charge is -2.35. The SMILES string of the molecule is O=[N+]([O-])c1cc(Cl)ccc1N1CCN(Cn2nnn(CCc3cccs3)c2=S)CC1. The van der Waals surface area contributed by atoms with Crippen molar-refractivity contribution in [2.75, 3.05) is 31.1 Å². The smallest absolute Gasteiger partial charge is 0.294 e. The molecule has 0 aliphatic carbocycles. The van der Waals surface area contributed by atoms with Crippen molar-refractivity contribution in [3.63, 3.8) is 0 Å². The van der Waals surface area contributed by atoms with Crippen LogP contribution in [0.15, 0.2) is 35.7 Å². The summed E-state index contributed by atoms with van der Waals surface area (Å²) in [7, 11) is 0. The van der Waals surface area contributed by atoms with Crippen LogP contribution in [0, 0.1) is 14.9 Å². The van der Waals surface area contributed by atoms with Gasteiger partial charge in [0.05, 0.1) is 18.1 Å². The highest BCUT2D eigenvalue weighted by Gasteiger charge is 2.24. The third-order valence-electron chi connectivity index (χ3n) is 5.03. The van der Waals surface area contributed by atoms with E-state index in [-0.39, 0.29) is 10.6 Å². The maximum atomic E-state index is 11.4. The maximum Gasteiger partial charge on any atom is 0.294 e. The lowest BCUT2D eigenvalue weighted by atomic mass is 10.2. The van der Waals surface area contributed by atoms with Gasteiger partial charge in [0.15, 0.2) is 0 Å². The molecular weight excluding hydrogens is 446 g/mol. The second kappa shape index (κ2) is 9.21. The molecule has 12 heteroatoms. The number of benzene rings is 1. The van der Waals surface area contributed by atoms with E-state index in [0.29, 0.717) is 41.8 Å². The third kappa shape index (κ3) is 4.69. The molecule has 158 valence electrons. The van der Waals surface area contributed by atoms with Gasteiger partial charge in [-0.15, -0.1) is 11.3 Å². The van der Waals surface area contributed by atoms with E-state index in [2.05, 4.69) is 26.8 Å². The predicted molar refractivity (Wildman–Crippen MR) is 119 cm³/mol. The van der Waals surface area contributed by atoms with E-state index in [0.717, 1.165) is 19.5 Å². The Hall–Kier alpha value is -2.34. The lowest BCUT2D eigenvalue weighted by Crippen LogP contribution is -2.47. The van der Waals surface area contributed by atoms with E-state index in [1.165, 1.54) is 10.9 Å². The number of aryl methyl sites for hydroxylation is 2. The van der Waals surface area contributed by atoms with Gasteiger partial charge in [-0.2, -0.15) is 0 Å². The van der Waals surface area contributed by atoms with Gasteiger partial charge in [-0.05, 0) is 46.2 Å². The summed E-state index contributed by atoms with van der Waals surface area (Å²) in [5.74, 6) is 0. The fraction of sp³-hybridized carbons (Fsp3) is 0.389. The minimum Gasteiger partial charge on any atom is -0.363 e. The normalized spacial score (nSPS) is 14.9. The monoisotopic (exact) mass is 465 g/mol. The van der Waals surface area contributed by atoms with E-state index < -0.39 is 0 Å². The number of rotatable bonds is 7. The number of tetrazole rings is 1. The topological polar surface area (TPSA) is 85.3 Å². The quantitative estimate of drug-likeness (QED) is 0.300. The molecule has 0 unspecified atom stereocenters. The highest BCUT2D eigenvalue weighted by atomic mass is 35.5. The third-order valence-corrected chi connectivity index (χ3v) is 6.62. The van der Waals surface area contributed by atoms with Gasteiger partial charge in [-0.3, -0.25) is 15.0 Å². The van der Waals surface area contributed by atoms with Crippen LogP contribution in [-0.2, 0) is 19.6 Å². The summed E-state index contributed by atoms with van der Waals surface area (Å²) in [6, 6.07) is 8.93. The molecule has 1 fully saturated rings. The Morgan fingerprint density at radius 1 is 1.17 bits per heavy atom. The van der Waals surface area contributed by atoms with Crippen LogP contribution in [-0.4, -0.2) is 55.8 Å². The number of nitro benzene ring substituents is 1. The highest BCUT2D eigenvalue weighted by molar-refractivity contribution is 7.71. The minimum absolute atomic E-state index is 0.0341. The van der Waals surface area contributed by atoms with Crippen LogP contribution >= 0.6 is 35.2 Å². The maximum absolute atomic E-state index is 11.4. The highest BCUT2D eigenvalue weighted by Crippen LogP contribution is 2.31. The summed E-state index contributed by atoms with van der Waals surface area (Å²) >= 11 is 13.2. The number of halogens is 1. The molecule has 0 radical (unpaired) electrons. The second-order valence-electron chi connectivity index (χ2n) is 6.95. The molecule has 2 aromatic heterocycles. The van der Waals surface area contributed by atoms with Gasteiger partial charge >= 0.3 is 0 Å². The zero-order chi connectivity index (χ0) is 21.1. The average molecular weight is 466 g/mol. The summed E-state index contributed by atoms with van der Waals surface area (Å²) in [5, 5.41) is 22.2. The average Bonchev–Trinajstić information content (AvgIpc) is 3.38. The van der Waals surface area contributed by atoms with Gasteiger partial charge < -0.3 is 4.90 Å². The molecule has 3 heterocycles. The number of anilines is 1. The Kier molecular flexibility index (Phi) is 6.42. The second-order valence-corrected chi connectivity index (χ2v) is 8.78. The van der Waals surface area contributed by atoms with Crippen LogP contribution in [0.2, 0.25) is 5.02 Å². The summed E-state index contributed by atoms with van der Waals surface area (Å²) in [6.07, 6.45) is 0.878. The number of thiophene rings is 1. The Bertz CT molecular complexity index is 1070. The van der Waals surface area contributed by atoms with Crippen LogP contribution in [0.25, 0.3) is 0 Å². The van der Waals surface area contributed by atoms with Crippen LogP contribution in [0.5, 0.6) is 0 Å². The van der Waals surface area contributed by atoms with Crippen molar-refractivity contribution in [1.29, 1.82) is 0 Å². The number of piperazine rings is 1. The number of aromatic nitrogens is 4. The van der Waals surface area contributed by atoms with Crippen molar-refractivity contribution in [2.24, 2.45) is 0 Å². The van der Waals surface area contributed by atoms with Crippen molar-refractivity contribution < 1.29 is 4.92 Å². The lowest BCUT2D eigenvalue weighted by molar-refractivity contribution is -0.384. The number of hydrogen-bond donors (Lipinski definition) is 0. The molecule has 30 heavy (non-hydrogen) atoms. The predicted octanol–water partition coefficient (Wildman–Crippen LogP) is 3.45. The number of hydrogen-bond acceptors (Lipinski definition) is 8. The molecule has 0 bridgehead atoms. The Balaban J connectivity index is 1.35. The first-order valence-electron chi connectivity index (χ1n) is 9.45. The summed E-state index contributed by atoms with van der Waals surface area (Å²) in [5.41, 5.74) is 0.632. The zero-order valence-electron chi connectivity index (χ0n) is 16.1. The van der Waals surface area contributed by atoms with Gasteiger partial charge in [0.25, 0.3) is 5.69 Å². The van der Waals surface area contributed by atoms with Crippen molar-refractivity contribution in [1.82, 2.24) is 24.7 Å². The van der Waals surface area contributed by atoms with Crippen molar-refractivity contribution in [2.45, 2.75) is 19.6 Å². The molecule has 0 saturated carbocycles. The number of nitrogens with zero attached hydrogens (tertiary/aromatic N) is 7. The first kappa shape index (κ1) is 20.9. The van der Waals surface area contributed by atoms with E-state index in [1.54, 1.807) is 32.8 Å². The van der Waals surface area contributed by atoms with E-state index >= 15 is 0 Å². The minimum atomic E-state index is -0.387. The fourth-order valence-corrected chi connectivity index (χ4v) is 4.52. The Morgan fingerprint density at radius 2 is 1.93 bits per heavy atom. The zero-order valence-corrected chi connectivity index (χ0v) is 18.4. The van der Waals surface area contributed by atoms with E-state index in [1.807, 2.05) is 11.0 Å². The van der Waals surface area contributed by atoms with Crippen molar-refractivity contribution in [3.8, 4) is 0 Å². The summed E-state index contributed by atoms with van der Waals surface area (Å²) in [4.78, 5) is 16.5. The molecule has 1 aromatic carbocycles. The largest absolute Gasteiger partial charge is 0.363 e. The summed E-state index contributed by atoms with van der Waals surface area (Å²) < 4.78 is 4.08. The summed E-state index contributed by atoms with van der Waals surface area (Å²) in [6.45, 7) is 4.07. The fourth-order valence-electron chi connectivity index (χ4n) is 3.44. The van der Waals surface area contributed by atoms with Gasteiger partial charge in [-0.25, -0.2) is 9.36 Å². The first-order valence-corrected chi connectivity index (χ1v) is 11.1. The van der Waals surface area contributed by atoms with Gasteiger partial charge in [0.1, 0.15) is 5.69 Å². The van der Waals surface area contributed by atoms with Crippen LogP contribution in [0.3, 0.4) is 0 Å².